The Morgan fingerprint density at radius 2 is 2.24 bits per heavy atom. The minimum Gasteiger partial charge on any atom is -0.481 e. The van der Waals surface area contributed by atoms with E-state index in [9.17, 15) is 9.59 Å². The lowest BCUT2D eigenvalue weighted by Crippen LogP contribution is -2.41. The molecule has 0 spiro atoms. The van der Waals surface area contributed by atoms with E-state index in [2.05, 4.69) is 10.3 Å². The Bertz CT molecular complexity index is 390. The fraction of sp³-hybridized carbons (Fsp3) is 0.500. The molecule has 7 heteroatoms. The van der Waals surface area contributed by atoms with Crippen molar-refractivity contribution in [1.29, 1.82) is 0 Å². The Labute approximate surface area is 108 Å². The van der Waals surface area contributed by atoms with Crippen LogP contribution in [0, 0.1) is 0 Å². The summed E-state index contributed by atoms with van der Waals surface area (Å²) in [6.45, 7) is 3.73. The van der Waals surface area contributed by atoms with E-state index in [1.165, 1.54) is 11.3 Å². The van der Waals surface area contributed by atoms with Crippen molar-refractivity contribution >= 4 is 35.0 Å². The zero-order valence-corrected chi connectivity index (χ0v) is 11.2. The lowest BCUT2D eigenvalue weighted by Gasteiger charge is -2.23. The highest BCUT2D eigenvalue weighted by Gasteiger charge is 2.25. The first-order chi connectivity index (χ1) is 7.92. The van der Waals surface area contributed by atoms with Gasteiger partial charge in [0, 0.05) is 11.6 Å². The van der Waals surface area contributed by atoms with E-state index in [1.54, 1.807) is 6.20 Å². The van der Waals surface area contributed by atoms with Gasteiger partial charge in [0.2, 0.25) is 5.91 Å². The van der Waals surface area contributed by atoms with Gasteiger partial charge in [-0.2, -0.15) is 0 Å². The summed E-state index contributed by atoms with van der Waals surface area (Å²) in [4.78, 5) is 26.0. The molecular weight excluding hydrogens is 260 g/mol. The van der Waals surface area contributed by atoms with Crippen LogP contribution >= 0.6 is 23.1 Å². The van der Waals surface area contributed by atoms with Gasteiger partial charge in [-0.05, 0) is 13.8 Å². The molecule has 0 aliphatic heterocycles. The van der Waals surface area contributed by atoms with Crippen molar-refractivity contribution in [1.82, 2.24) is 10.3 Å². The maximum atomic E-state index is 11.6. The van der Waals surface area contributed by atoms with E-state index in [1.807, 2.05) is 19.2 Å². The lowest BCUT2D eigenvalue weighted by molar-refractivity contribution is -0.133. The molecule has 2 N–H and O–H groups in total. The van der Waals surface area contributed by atoms with Crippen LogP contribution in [0.4, 0.5) is 0 Å². The number of nitrogens with zero attached hydrogens (tertiary/aromatic N) is 1. The smallest absolute Gasteiger partial charge is 0.313 e. The van der Waals surface area contributed by atoms with Crippen LogP contribution in [-0.2, 0) is 15.1 Å². The summed E-state index contributed by atoms with van der Waals surface area (Å²) in [5.74, 6) is -1.02. The molecule has 0 aliphatic carbocycles. The number of amides is 1. The normalized spacial score (nSPS) is 11.2. The van der Waals surface area contributed by atoms with Crippen molar-refractivity contribution in [3.8, 4) is 0 Å². The van der Waals surface area contributed by atoms with E-state index >= 15 is 0 Å². The maximum Gasteiger partial charge on any atom is 0.313 e. The third-order valence-electron chi connectivity index (χ3n) is 1.88. The van der Waals surface area contributed by atoms with Gasteiger partial charge in [-0.15, -0.1) is 23.1 Å². The predicted molar refractivity (Wildman–Crippen MR) is 68.2 cm³/mol. The Kier molecular flexibility index (Phi) is 4.95. The van der Waals surface area contributed by atoms with Crippen LogP contribution in [0.15, 0.2) is 11.6 Å². The SMILES string of the molecule is CC(C)(NC(=O)CSCC(=O)O)c1nccs1. The van der Waals surface area contributed by atoms with Crippen molar-refractivity contribution in [2.24, 2.45) is 0 Å². The molecule has 0 atom stereocenters. The number of hydrogen-bond donors (Lipinski definition) is 2. The highest BCUT2D eigenvalue weighted by molar-refractivity contribution is 8.00. The van der Waals surface area contributed by atoms with Crippen LogP contribution in [0.5, 0.6) is 0 Å². The van der Waals surface area contributed by atoms with Crippen molar-refractivity contribution < 1.29 is 14.7 Å². The lowest BCUT2D eigenvalue weighted by atomic mass is 10.1. The minimum absolute atomic E-state index is 0.0644. The van der Waals surface area contributed by atoms with Crippen molar-refractivity contribution in [3.63, 3.8) is 0 Å². The fourth-order valence-electron chi connectivity index (χ4n) is 1.20. The molecule has 0 aromatic carbocycles. The summed E-state index contributed by atoms with van der Waals surface area (Å²) in [7, 11) is 0. The number of aromatic nitrogens is 1. The molecule has 17 heavy (non-hydrogen) atoms. The number of hydrogen-bond acceptors (Lipinski definition) is 5. The standard InChI is InChI=1S/C10H14N2O3S2/c1-10(2,9-11-3-4-17-9)12-7(13)5-16-6-8(14)15/h3-4H,5-6H2,1-2H3,(H,12,13)(H,14,15). The van der Waals surface area contributed by atoms with Gasteiger partial charge in [-0.3, -0.25) is 9.59 Å². The molecule has 0 fully saturated rings. The number of aliphatic carboxylic acids is 1. The van der Waals surface area contributed by atoms with Crippen LogP contribution in [0.25, 0.3) is 0 Å². The molecule has 0 saturated carbocycles. The van der Waals surface area contributed by atoms with Crippen LogP contribution in [-0.4, -0.2) is 33.5 Å². The Morgan fingerprint density at radius 1 is 1.53 bits per heavy atom. The molecule has 0 aliphatic rings. The van der Waals surface area contributed by atoms with Crippen molar-refractivity contribution in [2.75, 3.05) is 11.5 Å². The fourth-order valence-corrected chi connectivity index (χ4v) is 2.45. The number of thiazole rings is 1. The topological polar surface area (TPSA) is 79.3 Å². The minimum atomic E-state index is -0.915. The van der Waals surface area contributed by atoms with E-state index in [0.717, 1.165) is 16.8 Å². The second kappa shape index (κ2) is 6.02. The molecule has 0 saturated heterocycles. The molecular formula is C10H14N2O3S2. The first kappa shape index (κ1) is 14.0. The van der Waals surface area contributed by atoms with Gasteiger partial charge in [0.1, 0.15) is 5.01 Å². The first-order valence-corrected chi connectivity index (χ1v) is 6.96. The average Bonchev–Trinajstić information content (AvgIpc) is 2.68. The van der Waals surface area contributed by atoms with E-state index < -0.39 is 11.5 Å². The monoisotopic (exact) mass is 274 g/mol. The second-order valence-corrected chi connectivity index (χ2v) is 5.78. The van der Waals surface area contributed by atoms with Crippen molar-refractivity contribution in [2.45, 2.75) is 19.4 Å². The second-order valence-electron chi connectivity index (χ2n) is 3.90. The van der Waals surface area contributed by atoms with Gasteiger partial charge in [-0.1, -0.05) is 0 Å². The highest BCUT2D eigenvalue weighted by Crippen LogP contribution is 2.21. The number of carbonyl (C=O) groups is 2. The van der Waals surface area contributed by atoms with Gasteiger partial charge in [0.25, 0.3) is 0 Å². The number of thioether (sulfide) groups is 1. The number of carbonyl (C=O) groups excluding carboxylic acids is 1. The van der Waals surface area contributed by atoms with Crippen LogP contribution < -0.4 is 5.32 Å². The molecule has 94 valence electrons. The Morgan fingerprint density at radius 3 is 2.76 bits per heavy atom. The predicted octanol–water partition coefficient (Wildman–Crippen LogP) is 1.31. The summed E-state index contributed by atoms with van der Waals surface area (Å²) < 4.78 is 0. The first-order valence-electron chi connectivity index (χ1n) is 4.92. The summed E-state index contributed by atoms with van der Waals surface area (Å²) >= 11 is 2.55. The Balaban J connectivity index is 2.42. The van der Waals surface area contributed by atoms with Gasteiger partial charge in [0.05, 0.1) is 17.0 Å². The quantitative estimate of drug-likeness (QED) is 0.817. The van der Waals surface area contributed by atoms with E-state index in [-0.39, 0.29) is 17.4 Å². The highest BCUT2D eigenvalue weighted by atomic mass is 32.2. The van der Waals surface area contributed by atoms with Gasteiger partial charge in [-0.25, -0.2) is 4.98 Å². The number of rotatable bonds is 6. The molecule has 1 heterocycles. The van der Waals surface area contributed by atoms with Gasteiger partial charge in [0.15, 0.2) is 0 Å². The summed E-state index contributed by atoms with van der Waals surface area (Å²) in [5, 5.41) is 14.0. The van der Waals surface area contributed by atoms with Crippen LogP contribution in [0.1, 0.15) is 18.9 Å². The van der Waals surface area contributed by atoms with Gasteiger partial charge < -0.3 is 10.4 Å². The molecule has 5 nitrogen and oxygen atoms in total. The van der Waals surface area contributed by atoms with Crippen molar-refractivity contribution in [3.05, 3.63) is 16.6 Å². The van der Waals surface area contributed by atoms with Crippen LogP contribution in [0.2, 0.25) is 0 Å². The molecule has 1 amide bonds. The Hall–Kier alpha value is -1.08. The third kappa shape index (κ3) is 4.74. The van der Waals surface area contributed by atoms with Gasteiger partial charge >= 0.3 is 5.97 Å². The zero-order chi connectivity index (χ0) is 12.9. The van der Waals surface area contributed by atoms with E-state index in [4.69, 9.17) is 5.11 Å². The third-order valence-corrected chi connectivity index (χ3v) is 3.89. The van der Waals surface area contributed by atoms with Crippen LogP contribution in [0.3, 0.4) is 0 Å². The molecule has 1 rings (SSSR count). The zero-order valence-electron chi connectivity index (χ0n) is 9.60. The summed E-state index contributed by atoms with van der Waals surface area (Å²) in [5.41, 5.74) is -0.519. The van der Waals surface area contributed by atoms with E-state index in [0.29, 0.717) is 0 Å². The number of carboxylic acids is 1. The average molecular weight is 274 g/mol. The molecule has 0 bridgehead atoms. The largest absolute Gasteiger partial charge is 0.481 e. The molecule has 0 unspecified atom stereocenters. The number of nitrogens with one attached hydrogen (secondary N) is 1. The summed E-state index contributed by atoms with van der Waals surface area (Å²) in [6.07, 6.45) is 1.69. The summed E-state index contributed by atoms with van der Waals surface area (Å²) in [6, 6.07) is 0. The number of carboxylic acid groups (broad SMARTS) is 1. The molecule has 1 aromatic heterocycles. The molecule has 1 aromatic rings. The maximum absolute atomic E-state index is 11.6. The molecule has 0 radical (unpaired) electrons.